The lowest BCUT2D eigenvalue weighted by Crippen LogP contribution is -2.61. The second-order valence-electron chi connectivity index (χ2n) is 8.56. The van der Waals surface area contributed by atoms with E-state index in [1.54, 1.807) is 17.2 Å². The second-order valence-corrected chi connectivity index (χ2v) is 8.56. The summed E-state index contributed by atoms with van der Waals surface area (Å²) in [6, 6.07) is 10.2. The van der Waals surface area contributed by atoms with E-state index in [9.17, 15) is 14.0 Å². The maximum absolute atomic E-state index is 13.7. The van der Waals surface area contributed by atoms with Gasteiger partial charge in [0.25, 0.3) is 5.91 Å². The minimum absolute atomic E-state index is 0.00932. The van der Waals surface area contributed by atoms with Crippen LogP contribution in [0.15, 0.2) is 42.6 Å². The predicted octanol–water partition coefficient (Wildman–Crippen LogP) is 3.81. The van der Waals surface area contributed by atoms with E-state index in [1.807, 2.05) is 30.0 Å². The third kappa shape index (κ3) is 3.19. The summed E-state index contributed by atoms with van der Waals surface area (Å²) in [7, 11) is 0. The molecule has 2 amide bonds. The van der Waals surface area contributed by atoms with Crippen molar-refractivity contribution in [3.63, 3.8) is 0 Å². The average Bonchev–Trinajstić information content (AvgIpc) is 3.34. The Balaban J connectivity index is 1.46. The molecule has 4 heterocycles. The molecule has 7 heteroatoms. The highest BCUT2D eigenvalue weighted by atomic mass is 19.1. The van der Waals surface area contributed by atoms with E-state index in [1.165, 1.54) is 12.1 Å². The number of pyridine rings is 1. The highest BCUT2D eigenvalue weighted by Gasteiger charge is 2.53. The number of carbonyl (C=O) groups is 2. The molecule has 2 aliphatic heterocycles. The van der Waals surface area contributed by atoms with Crippen LogP contribution in [0.3, 0.4) is 0 Å². The highest BCUT2D eigenvalue weighted by molar-refractivity contribution is 6.04. The normalized spacial score (nSPS) is 21.4. The molecule has 1 spiro atoms. The Kier molecular flexibility index (Phi) is 4.76. The Hall–Kier alpha value is -3.22. The van der Waals surface area contributed by atoms with Crippen molar-refractivity contribution in [3.8, 4) is 0 Å². The van der Waals surface area contributed by atoms with Crippen LogP contribution in [-0.4, -0.2) is 50.2 Å². The first-order valence-corrected chi connectivity index (χ1v) is 10.8. The zero-order valence-corrected chi connectivity index (χ0v) is 17.5. The van der Waals surface area contributed by atoms with Crippen LogP contribution in [0.25, 0.3) is 10.9 Å². The van der Waals surface area contributed by atoms with Crippen LogP contribution in [0, 0.1) is 12.7 Å². The Bertz CT molecular complexity index is 1160. The van der Waals surface area contributed by atoms with Crippen molar-refractivity contribution in [2.45, 2.75) is 44.7 Å². The van der Waals surface area contributed by atoms with Gasteiger partial charge >= 0.3 is 0 Å². The molecule has 5 rings (SSSR count). The molecule has 1 aromatic carbocycles. The summed E-state index contributed by atoms with van der Waals surface area (Å²) in [6.45, 7) is 3.49. The summed E-state index contributed by atoms with van der Waals surface area (Å²) >= 11 is 0. The van der Waals surface area contributed by atoms with Crippen molar-refractivity contribution in [1.82, 2.24) is 19.8 Å². The molecule has 2 aliphatic rings. The molecule has 0 saturated carbocycles. The number of hydrogen-bond donors (Lipinski definition) is 1. The van der Waals surface area contributed by atoms with Crippen LogP contribution >= 0.6 is 0 Å². The zero-order chi connectivity index (χ0) is 21.6. The molecule has 6 nitrogen and oxygen atoms in total. The van der Waals surface area contributed by atoms with Crippen molar-refractivity contribution in [2.75, 3.05) is 13.1 Å². The van der Waals surface area contributed by atoms with Crippen LogP contribution in [0.2, 0.25) is 0 Å². The zero-order valence-electron chi connectivity index (χ0n) is 17.5. The van der Waals surface area contributed by atoms with E-state index >= 15 is 0 Å². The van der Waals surface area contributed by atoms with Crippen molar-refractivity contribution in [2.24, 2.45) is 0 Å². The van der Waals surface area contributed by atoms with Gasteiger partial charge in [-0.15, -0.1) is 0 Å². The minimum atomic E-state index is -0.806. The van der Waals surface area contributed by atoms with Gasteiger partial charge in [-0.05, 0) is 68.5 Å². The quantitative estimate of drug-likeness (QED) is 0.701. The van der Waals surface area contributed by atoms with Gasteiger partial charge in [0.05, 0.1) is 12.2 Å². The number of piperidine rings is 1. The fourth-order valence-electron chi connectivity index (χ4n) is 5.21. The van der Waals surface area contributed by atoms with Crippen LogP contribution < -0.4 is 0 Å². The van der Waals surface area contributed by atoms with Crippen molar-refractivity contribution in [1.29, 1.82) is 0 Å². The topological polar surface area (TPSA) is 69.3 Å². The average molecular weight is 420 g/mol. The molecule has 0 radical (unpaired) electrons. The van der Waals surface area contributed by atoms with Gasteiger partial charge in [0.2, 0.25) is 5.91 Å². The summed E-state index contributed by atoms with van der Waals surface area (Å²) in [4.78, 5) is 38.4. The van der Waals surface area contributed by atoms with Crippen LogP contribution in [0.4, 0.5) is 4.39 Å². The highest BCUT2D eigenvalue weighted by Crippen LogP contribution is 2.40. The largest absolute Gasteiger partial charge is 0.350 e. The number of amides is 2. The number of halogens is 1. The van der Waals surface area contributed by atoms with Crippen molar-refractivity contribution < 1.29 is 14.0 Å². The fourth-order valence-corrected chi connectivity index (χ4v) is 5.21. The first-order chi connectivity index (χ1) is 15.0. The van der Waals surface area contributed by atoms with E-state index in [0.29, 0.717) is 43.6 Å². The number of benzene rings is 1. The van der Waals surface area contributed by atoms with Gasteiger partial charge in [-0.1, -0.05) is 6.07 Å². The van der Waals surface area contributed by atoms with E-state index in [4.69, 9.17) is 0 Å². The van der Waals surface area contributed by atoms with Gasteiger partial charge in [0.1, 0.15) is 17.1 Å². The summed E-state index contributed by atoms with van der Waals surface area (Å²) < 4.78 is 13.7. The fraction of sp³-hybridized carbons (Fsp3) is 0.375. The molecule has 1 atom stereocenters. The maximum Gasteiger partial charge on any atom is 0.271 e. The number of nitrogens with one attached hydrogen (secondary N) is 1. The number of nitrogens with zero attached hydrogens (tertiary/aromatic N) is 3. The molecular formula is C24H25FN4O2. The van der Waals surface area contributed by atoms with E-state index in [2.05, 4.69) is 9.97 Å². The lowest BCUT2D eigenvalue weighted by Gasteiger charge is -2.44. The van der Waals surface area contributed by atoms with Gasteiger partial charge in [-0.25, -0.2) is 4.39 Å². The Morgan fingerprint density at radius 2 is 2.00 bits per heavy atom. The Morgan fingerprint density at radius 1 is 1.19 bits per heavy atom. The van der Waals surface area contributed by atoms with Gasteiger partial charge in [-0.3, -0.25) is 14.6 Å². The third-order valence-electron chi connectivity index (χ3n) is 6.75. The standard InChI is InChI=1S/C24H25FN4O2/c1-16-19-14-17(25)7-8-20(19)27-21(16)22(30)29-13-5-10-24(29)9-4-12-28(23(24)31)15-18-6-2-3-11-26-18/h2-3,6-8,11,14,27H,4-5,9-10,12-13,15H2,1H3. The summed E-state index contributed by atoms with van der Waals surface area (Å²) in [5.41, 5.74) is 1.92. The summed E-state index contributed by atoms with van der Waals surface area (Å²) in [5.74, 6) is -0.506. The van der Waals surface area contributed by atoms with Gasteiger partial charge in [0.15, 0.2) is 0 Å². The Labute approximate surface area is 180 Å². The lowest BCUT2D eigenvalue weighted by atomic mass is 9.85. The molecule has 1 N–H and O–H groups in total. The summed E-state index contributed by atoms with van der Waals surface area (Å²) in [6.07, 6.45) is 4.71. The third-order valence-corrected chi connectivity index (χ3v) is 6.75. The molecule has 2 aromatic heterocycles. The van der Waals surface area contributed by atoms with Crippen LogP contribution in [-0.2, 0) is 11.3 Å². The smallest absolute Gasteiger partial charge is 0.271 e. The molecule has 160 valence electrons. The molecule has 2 fully saturated rings. The minimum Gasteiger partial charge on any atom is -0.350 e. The van der Waals surface area contributed by atoms with Crippen molar-refractivity contribution in [3.05, 3.63) is 65.4 Å². The van der Waals surface area contributed by atoms with Crippen molar-refractivity contribution >= 4 is 22.7 Å². The number of aromatic nitrogens is 2. The number of hydrogen-bond acceptors (Lipinski definition) is 3. The number of likely N-dealkylation sites (tertiary alicyclic amines) is 2. The van der Waals surface area contributed by atoms with E-state index in [0.717, 1.165) is 29.6 Å². The first-order valence-electron chi connectivity index (χ1n) is 10.8. The molecular weight excluding hydrogens is 395 g/mol. The number of aromatic amines is 1. The molecule has 1 unspecified atom stereocenters. The molecule has 31 heavy (non-hydrogen) atoms. The number of aryl methyl sites for hydroxylation is 1. The SMILES string of the molecule is Cc1c(C(=O)N2CCCC23CCCN(Cc2ccccn2)C3=O)[nH]c2ccc(F)cc12. The van der Waals surface area contributed by atoms with Gasteiger partial charge in [-0.2, -0.15) is 0 Å². The number of rotatable bonds is 3. The molecule has 0 bridgehead atoms. The maximum atomic E-state index is 13.7. The molecule has 0 aliphatic carbocycles. The molecule has 2 saturated heterocycles. The van der Waals surface area contributed by atoms with E-state index < -0.39 is 5.54 Å². The first kappa shape index (κ1) is 19.7. The number of H-pyrrole nitrogens is 1. The number of fused-ring (bicyclic) bond motifs is 1. The van der Waals surface area contributed by atoms with Gasteiger partial charge < -0.3 is 14.8 Å². The number of carbonyl (C=O) groups excluding carboxylic acids is 2. The molecule has 3 aromatic rings. The lowest BCUT2D eigenvalue weighted by molar-refractivity contribution is -0.146. The predicted molar refractivity (Wildman–Crippen MR) is 115 cm³/mol. The van der Waals surface area contributed by atoms with E-state index in [-0.39, 0.29) is 17.6 Å². The van der Waals surface area contributed by atoms with Gasteiger partial charge in [0, 0.05) is 30.2 Å². The monoisotopic (exact) mass is 420 g/mol. The second kappa shape index (κ2) is 7.48. The van der Waals surface area contributed by atoms with Crippen LogP contribution in [0.1, 0.15) is 47.4 Å². The van der Waals surface area contributed by atoms with Crippen LogP contribution in [0.5, 0.6) is 0 Å². The Morgan fingerprint density at radius 3 is 2.77 bits per heavy atom. The summed E-state index contributed by atoms with van der Waals surface area (Å²) in [5, 5.41) is 0.698.